The van der Waals surface area contributed by atoms with Crippen molar-refractivity contribution in [1.29, 1.82) is 0 Å². The van der Waals surface area contributed by atoms with E-state index in [4.69, 9.17) is 16.3 Å². The lowest BCUT2D eigenvalue weighted by atomic mass is 10.1. The zero-order chi connectivity index (χ0) is 30.3. The summed E-state index contributed by atoms with van der Waals surface area (Å²) in [5, 5.41) is 9.56. The van der Waals surface area contributed by atoms with Crippen LogP contribution in [0.25, 0.3) is 0 Å². The smallest absolute Gasteiger partial charge is 0.247 e. The first-order valence-corrected chi connectivity index (χ1v) is 13.2. The van der Waals surface area contributed by atoms with Crippen molar-refractivity contribution in [1.82, 2.24) is 14.9 Å². The van der Waals surface area contributed by atoms with Gasteiger partial charge in [-0.15, -0.1) is 0 Å². The predicted octanol–water partition coefficient (Wildman–Crippen LogP) is 5.04. The first kappa shape index (κ1) is 31.2. The molecule has 11 nitrogen and oxygen atoms in total. The summed E-state index contributed by atoms with van der Waals surface area (Å²) in [4.78, 5) is 38.9. The predicted molar refractivity (Wildman–Crippen MR) is 168 cm³/mol. The third kappa shape index (κ3) is 8.09. The summed E-state index contributed by atoms with van der Waals surface area (Å²) >= 11 is 6.45. The number of benzene rings is 2. The second kappa shape index (κ2) is 13.8. The van der Waals surface area contributed by atoms with Crippen molar-refractivity contribution in [2.45, 2.75) is 13.8 Å². The van der Waals surface area contributed by atoms with Crippen LogP contribution >= 0.6 is 11.6 Å². The fourth-order valence-electron chi connectivity index (χ4n) is 3.86. The van der Waals surface area contributed by atoms with Crippen LogP contribution in [0.4, 0.5) is 40.2 Å². The van der Waals surface area contributed by atoms with E-state index < -0.39 is 0 Å². The molecule has 0 unspecified atom stereocenters. The van der Waals surface area contributed by atoms with Crippen LogP contribution in [0.3, 0.4) is 0 Å². The van der Waals surface area contributed by atoms with E-state index in [2.05, 4.69) is 37.4 Å². The Morgan fingerprint density at radius 3 is 2.39 bits per heavy atom. The molecule has 0 radical (unpaired) electrons. The van der Waals surface area contributed by atoms with Crippen LogP contribution in [-0.2, 0) is 9.59 Å². The summed E-state index contributed by atoms with van der Waals surface area (Å²) in [5.74, 6) is 0.633. The highest BCUT2D eigenvalue weighted by atomic mass is 35.5. The van der Waals surface area contributed by atoms with Crippen molar-refractivity contribution < 1.29 is 14.3 Å². The molecule has 1 heterocycles. The van der Waals surface area contributed by atoms with E-state index in [1.165, 1.54) is 19.2 Å². The summed E-state index contributed by atoms with van der Waals surface area (Å²) in [6.07, 6.45) is 2.68. The Kier molecular flexibility index (Phi) is 10.5. The van der Waals surface area contributed by atoms with Crippen LogP contribution in [0.2, 0.25) is 5.02 Å². The molecule has 218 valence electrons. The van der Waals surface area contributed by atoms with Gasteiger partial charge in [0.05, 0.1) is 41.7 Å². The maximum Gasteiger partial charge on any atom is 0.247 e. The Morgan fingerprint density at radius 1 is 1.02 bits per heavy atom. The number of hydrogen-bond donors (Lipinski definition) is 3. The zero-order valence-electron chi connectivity index (χ0n) is 24.5. The van der Waals surface area contributed by atoms with Crippen LogP contribution in [0.5, 0.6) is 5.75 Å². The van der Waals surface area contributed by atoms with Crippen molar-refractivity contribution in [2.75, 3.05) is 74.1 Å². The molecule has 0 saturated carbocycles. The molecule has 3 rings (SSSR count). The largest absolute Gasteiger partial charge is 0.494 e. The number of methoxy groups -OCH3 is 1. The molecule has 0 bridgehead atoms. The third-order valence-electron chi connectivity index (χ3n) is 6.29. The Bertz CT molecular complexity index is 1430. The van der Waals surface area contributed by atoms with Gasteiger partial charge in [-0.05, 0) is 50.9 Å². The van der Waals surface area contributed by atoms with Crippen LogP contribution < -0.4 is 30.5 Å². The van der Waals surface area contributed by atoms with Crippen molar-refractivity contribution in [3.05, 3.63) is 59.8 Å². The number of amides is 2. The van der Waals surface area contributed by atoms with Crippen molar-refractivity contribution in [2.24, 2.45) is 0 Å². The SMILES string of the molecule is C=CC(=O)Nc1cc(Nc2ncc(Cl)c(Nc3ccc(C)cc3N(C)C(C)=O)n2)c(OC)cc1N(C)CCN(C)C. The highest BCUT2D eigenvalue weighted by Crippen LogP contribution is 2.38. The van der Waals surface area contributed by atoms with Crippen LogP contribution in [0, 0.1) is 6.92 Å². The van der Waals surface area contributed by atoms with Gasteiger partial charge in [-0.3, -0.25) is 9.59 Å². The molecule has 3 N–H and O–H groups in total. The lowest BCUT2D eigenvalue weighted by molar-refractivity contribution is -0.116. The number of halogens is 1. The molecule has 2 aromatic carbocycles. The number of ether oxygens (including phenoxy) is 1. The van der Waals surface area contributed by atoms with E-state index in [0.717, 1.165) is 24.3 Å². The molecule has 0 aliphatic heterocycles. The van der Waals surface area contributed by atoms with Crippen molar-refractivity contribution in [3.63, 3.8) is 0 Å². The van der Waals surface area contributed by atoms with E-state index in [9.17, 15) is 9.59 Å². The number of hydrogen-bond acceptors (Lipinski definition) is 9. The lowest BCUT2D eigenvalue weighted by Crippen LogP contribution is -2.29. The number of aryl methyl sites for hydroxylation is 1. The van der Waals surface area contributed by atoms with E-state index in [-0.39, 0.29) is 22.8 Å². The second-order valence-corrected chi connectivity index (χ2v) is 10.1. The molecule has 12 heteroatoms. The number of nitrogens with one attached hydrogen (secondary N) is 3. The number of nitrogens with zero attached hydrogens (tertiary/aromatic N) is 5. The molecule has 0 spiro atoms. The molecule has 0 saturated heterocycles. The Balaban J connectivity index is 1.99. The maximum absolute atomic E-state index is 12.3. The maximum atomic E-state index is 12.3. The summed E-state index contributed by atoms with van der Waals surface area (Å²) in [7, 11) is 9.20. The number of carbonyl (C=O) groups is 2. The van der Waals surface area contributed by atoms with Gasteiger partial charge in [-0.25, -0.2) is 4.98 Å². The van der Waals surface area contributed by atoms with E-state index in [1.807, 2.05) is 57.2 Å². The summed E-state index contributed by atoms with van der Waals surface area (Å²) in [6, 6.07) is 9.28. The molecule has 0 aliphatic carbocycles. The third-order valence-corrected chi connectivity index (χ3v) is 6.56. The van der Waals surface area contributed by atoms with Gasteiger partial charge in [0.15, 0.2) is 5.82 Å². The molecular weight excluding hydrogens is 544 g/mol. The number of aromatic nitrogens is 2. The van der Waals surface area contributed by atoms with Crippen LogP contribution in [0.15, 0.2) is 49.2 Å². The average molecular weight is 581 g/mol. The number of carbonyl (C=O) groups excluding carboxylic acids is 2. The van der Waals surface area contributed by atoms with Gasteiger partial charge in [0.1, 0.15) is 10.8 Å². The highest BCUT2D eigenvalue weighted by molar-refractivity contribution is 6.33. The van der Waals surface area contributed by atoms with Gasteiger partial charge in [0, 0.05) is 40.2 Å². The van der Waals surface area contributed by atoms with Gasteiger partial charge in [-0.2, -0.15) is 4.98 Å². The fourth-order valence-corrected chi connectivity index (χ4v) is 4.00. The van der Waals surface area contributed by atoms with Gasteiger partial charge < -0.3 is 35.4 Å². The number of likely N-dealkylation sites (N-methyl/N-ethyl adjacent to an activating group) is 2. The first-order valence-electron chi connectivity index (χ1n) is 12.9. The first-order chi connectivity index (χ1) is 19.4. The van der Waals surface area contributed by atoms with E-state index >= 15 is 0 Å². The van der Waals surface area contributed by atoms with Crippen LogP contribution in [-0.4, -0.2) is 75.1 Å². The fraction of sp³-hybridized carbons (Fsp3) is 0.310. The standard InChI is InChI=1S/C29H37ClN8O3/c1-9-27(40)32-22-15-23(26(41-8)16-24(22)37(6)13-12-36(4)5)34-29-31-17-20(30)28(35-29)33-21-11-10-18(2)14-25(21)38(7)19(3)39/h9-11,14-17H,1,12-13H2,2-8H3,(H,32,40)(H2,31,33,34,35). The molecule has 0 aliphatic rings. The van der Waals surface area contributed by atoms with E-state index in [0.29, 0.717) is 34.3 Å². The minimum atomic E-state index is -0.345. The minimum Gasteiger partial charge on any atom is -0.494 e. The van der Waals surface area contributed by atoms with Crippen molar-refractivity contribution in [3.8, 4) is 5.75 Å². The van der Waals surface area contributed by atoms with Gasteiger partial charge in [-0.1, -0.05) is 24.2 Å². The average Bonchev–Trinajstić information content (AvgIpc) is 2.93. The molecule has 2 amide bonds. The van der Waals surface area contributed by atoms with E-state index in [1.54, 1.807) is 25.1 Å². The molecule has 0 atom stereocenters. The molecule has 3 aromatic rings. The summed E-state index contributed by atoms with van der Waals surface area (Å²) in [6.45, 7) is 8.54. The van der Waals surface area contributed by atoms with Gasteiger partial charge in [0.2, 0.25) is 17.8 Å². The molecule has 0 fully saturated rings. The van der Waals surface area contributed by atoms with Gasteiger partial charge >= 0.3 is 0 Å². The number of anilines is 7. The molecular formula is C29H37ClN8O3. The topological polar surface area (TPSA) is 115 Å². The second-order valence-electron chi connectivity index (χ2n) is 9.73. The normalized spacial score (nSPS) is 10.7. The zero-order valence-corrected chi connectivity index (χ0v) is 25.3. The Hall–Kier alpha value is -4.35. The summed E-state index contributed by atoms with van der Waals surface area (Å²) in [5.41, 5.74) is 4.18. The minimum absolute atomic E-state index is 0.114. The quantitative estimate of drug-likeness (QED) is 0.253. The highest BCUT2D eigenvalue weighted by Gasteiger charge is 2.18. The lowest BCUT2D eigenvalue weighted by Gasteiger charge is -2.26. The molecule has 1 aromatic heterocycles. The molecule has 41 heavy (non-hydrogen) atoms. The Morgan fingerprint density at radius 2 is 1.76 bits per heavy atom. The van der Waals surface area contributed by atoms with Crippen LogP contribution in [0.1, 0.15) is 12.5 Å². The summed E-state index contributed by atoms with van der Waals surface area (Å²) < 4.78 is 5.68. The van der Waals surface area contributed by atoms with Crippen molar-refractivity contribution >= 4 is 63.6 Å². The number of rotatable bonds is 12. The monoisotopic (exact) mass is 580 g/mol. The van der Waals surface area contributed by atoms with Gasteiger partial charge in [0.25, 0.3) is 0 Å². The Labute approximate surface area is 246 Å².